The van der Waals surface area contributed by atoms with Crippen molar-refractivity contribution in [2.45, 2.75) is 25.7 Å². The minimum absolute atomic E-state index is 0.177. The van der Waals surface area contributed by atoms with E-state index in [-0.39, 0.29) is 18.7 Å². The van der Waals surface area contributed by atoms with Crippen molar-refractivity contribution in [2.24, 2.45) is 0 Å². The SMILES string of the molecule is O=C(O)N1CCc2ccc(OCc3ccc(F)cc3C(F)(F)F)cc2C1. The molecule has 8 heteroatoms. The van der Waals surface area contributed by atoms with E-state index in [1.165, 1.54) is 4.90 Å². The van der Waals surface area contributed by atoms with E-state index in [1.807, 2.05) is 0 Å². The van der Waals surface area contributed by atoms with Crippen molar-refractivity contribution < 1.29 is 32.2 Å². The molecule has 0 unspecified atom stereocenters. The molecule has 3 rings (SSSR count). The fourth-order valence-corrected chi connectivity index (χ4v) is 2.89. The van der Waals surface area contributed by atoms with Gasteiger partial charge in [-0.1, -0.05) is 12.1 Å². The van der Waals surface area contributed by atoms with Crippen LogP contribution in [0.25, 0.3) is 0 Å². The Morgan fingerprint density at radius 3 is 2.62 bits per heavy atom. The zero-order valence-corrected chi connectivity index (χ0v) is 13.5. The molecule has 1 amide bonds. The normalized spacial score (nSPS) is 14.1. The van der Waals surface area contributed by atoms with Gasteiger partial charge in [-0.3, -0.25) is 0 Å². The molecule has 4 nitrogen and oxygen atoms in total. The first-order valence-corrected chi connectivity index (χ1v) is 7.82. The molecule has 138 valence electrons. The van der Waals surface area contributed by atoms with Crippen LogP contribution in [0.2, 0.25) is 0 Å². The molecule has 0 saturated heterocycles. The van der Waals surface area contributed by atoms with Gasteiger partial charge in [-0.2, -0.15) is 13.2 Å². The summed E-state index contributed by atoms with van der Waals surface area (Å²) in [7, 11) is 0. The molecule has 0 spiro atoms. The molecule has 26 heavy (non-hydrogen) atoms. The van der Waals surface area contributed by atoms with Gasteiger partial charge in [0.15, 0.2) is 0 Å². The summed E-state index contributed by atoms with van der Waals surface area (Å²) in [5, 5.41) is 9.07. The molecule has 0 fully saturated rings. The van der Waals surface area contributed by atoms with Crippen LogP contribution in [-0.4, -0.2) is 22.6 Å². The molecule has 1 heterocycles. The first-order valence-electron chi connectivity index (χ1n) is 7.82. The molecule has 0 aromatic heterocycles. The molecule has 0 saturated carbocycles. The number of rotatable bonds is 3. The van der Waals surface area contributed by atoms with Gasteiger partial charge in [0.2, 0.25) is 0 Å². The van der Waals surface area contributed by atoms with Gasteiger partial charge in [0.05, 0.1) is 5.56 Å². The average Bonchev–Trinajstić information content (AvgIpc) is 2.59. The maximum atomic E-state index is 13.1. The number of nitrogens with zero attached hydrogens (tertiary/aromatic N) is 1. The summed E-state index contributed by atoms with van der Waals surface area (Å²) < 4.78 is 57.6. The predicted octanol–water partition coefficient (Wildman–Crippen LogP) is 4.46. The maximum absolute atomic E-state index is 13.1. The lowest BCUT2D eigenvalue weighted by molar-refractivity contribution is -0.138. The number of hydrogen-bond acceptors (Lipinski definition) is 2. The second-order valence-electron chi connectivity index (χ2n) is 5.97. The van der Waals surface area contributed by atoms with Crippen molar-refractivity contribution in [1.29, 1.82) is 0 Å². The number of ether oxygens (including phenoxy) is 1. The highest BCUT2D eigenvalue weighted by Gasteiger charge is 2.34. The Bertz CT molecular complexity index is 836. The standard InChI is InChI=1S/C18H15F4NO3/c19-14-3-1-12(16(8-14)18(20,21)22)10-26-15-4-2-11-5-6-23(17(24)25)9-13(11)7-15/h1-4,7-8H,5-6,9-10H2,(H,24,25). The van der Waals surface area contributed by atoms with Gasteiger partial charge in [-0.15, -0.1) is 0 Å². The number of hydrogen-bond donors (Lipinski definition) is 1. The summed E-state index contributed by atoms with van der Waals surface area (Å²) in [5.74, 6) is -0.642. The molecule has 1 aliphatic rings. The molecule has 0 atom stereocenters. The van der Waals surface area contributed by atoms with E-state index in [2.05, 4.69) is 0 Å². The van der Waals surface area contributed by atoms with Crippen molar-refractivity contribution in [1.82, 2.24) is 4.90 Å². The number of amides is 1. The summed E-state index contributed by atoms with van der Waals surface area (Å²) in [6.07, 6.45) is -5.14. The molecular formula is C18H15F4NO3. The van der Waals surface area contributed by atoms with Crippen molar-refractivity contribution in [3.63, 3.8) is 0 Å². The van der Waals surface area contributed by atoms with Crippen LogP contribution in [0.15, 0.2) is 36.4 Å². The van der Waals surface area contributed by atoms with Crippen molar-refractivity contribution in [2.75, 3.05) is 6.54 Å². The third kappa shape index (κ3) is 3.89. The van der Waals surface area contributed by atoms with Crippen LogP contribution < -0.4 is 4.74 Å². The summed E-state index contributed by atoms with van der Waals surface area (Å²) in [5.41, 5.74) is 0.482. The van der Waals surface area contributed by atoms with E-state index in [0.29, 0.717) is 24.8 Å². The van der Waals surface area contributed by atoms with Gasteiger partial charge in [-0.25, -0.2) is 9.18 Å². The third-order valence-corrected chi connectivity index (χ3v) is 4.23. The topological polar surface area (TPSA) is 49.8 Å². The minimum atomic E-state index is -4.68. The number of carboxylic acid groups (broad SMARTS) is 1. The Labute approximate surface area is 146 Å². The zero-order valence-electron chi connectivity index (χ0n) is 13.5. The van der Waals surface area contributed by atoms with Gasteiger partial charge in [0.1, 0.15) is 18.2 Å². The Hall–Kier alpha value is -2.77. The zero-order chi connectivity index (χ0) is 18.9. The summed E-state index contributed by atoms with van der Waals surface area (Å²) in [4.78, 5) is 12.3. The highest BCUT2D eigenvalue weighted by molar-refractivity contribution is 5.65. The number of benzene rings is 2. The molecule has 1 aliphatic heterocycles. The lowest BCUT2D eigenvalue weighted by Gasteiger charge is -2.26. The molecular weight excluding hydrogens is 354 g/mol. The Morgan fingerprint density at radius 1 is 1.15 bits per heavy atom. The van der Waals surface area contributed by atoms with Gasteiger partial charge in [0.25, 0.3) is 0 Å². The molecule has 0 bridgehead atoms. The van der Waals surface area contributed by atoms with Crippen LogP contribution in [0.1, 0.15) is 22.3 Å². The number of fused-ring (bicyclic) bond motifs is 1. The minimum Gasteiger partial charge on any atom is -0.489 e. The van der Waals surface area contributed by atoms with Crippen molar-refractivity contribution >= 4 is 6.09 Å². The fourth-order valence-electron chi connectivity index (χ4n) is 2.89. The van der Waals surface area contributed by atoms with E-state index >= 15 is 0 Å². The Morgan fingerprint density at radius 2 is 1.92 bits per heavy atom. The molecule has 0 radical (unpaired) electrons. The van der Waals surface area contributed by atoms with Crippen LogP contribution in [0.5, 0.6) is 5.75 Å². The van der Waals surface area contributed by atoms with Crippen LogP contribution in [0.4, 0.5) is 22.4 Å². The van der Waals surface area contributed by atoms with E-state index in [4.69, 9.17) is 9.84 Å². The second-order valence-corrected chi connectivity index (χ2v) is 5.97. The molecule has 2 aromatic rings. The van der Waals surface area contributed by atoms with Gasteiger partial charge in [0, 0.05) is 18.7 Å². The van der Waals surface area contributed by atoms with E-state index in [0.717, 1.165) is 23.3 Å². The van der Waals surface area contributed by atoms with Crippen LogP contribution in [0, 0.1) is 5.82 Å². The van der Waals surface area contributed by atoms with Gasteiger partial charge in [-0.05, 0) is 41.8 Å². The van der Waals surface area contributed by atoms with Crippen LogP contribution in [0.3, 0.4) is 0 Å². The quantitative estimate of drug-likeness (QED) is 0.813. The largest absolute Gasteiger partial charge is 0.489 e. The molecule has 1 N–H and O–H groups in total. The average molecular weight is 369 g/mol. The van der Waals surface area contributed by atoms with E-state index in [1.54, 1.807) is 18.2 Å². The molecule has 0 aliphatic carbocycles. The van der Waals surface area contributed by atoms with Crippen LogP contribution >= 0.6 is 0 Å². The number of carbonyl (C=O) groups is 1. The van der Waals surface area contributed by atoms with E-state index < -0.39 is 23.7 Å². The van der Waals surface area contributed by atoms with Crippen LogP contribution in [-0.2, 0) is 25.7 Å². The van der Waals surface area contributed by atoms with Gasteiger partial charge >= 0.3 is 12.3 Å². The monoisotopic (exact) mass is 369 g/mol. The third-order valence-electron chi connectivity index (χ3n) is 4.23. The highest BCUT2D eigenvalue weighted by Crippen LogP contribution is 2.33. The number of alkyl halides is 3. The highest BCUT2D eigenvalue weighted by atomic mass is 19.4. The number of halogens is 4. The summed E-state index contributed by atoms with van der Waals surface area (Å²) >= 11 is 0. The molecule has 2 aromatic carbocycles. The maximum Gasteiger partial charge on any atom is 0.416 e. The lowest BCUT2D eigenvalue weighted by Crippen LogP contribution is -2.34. The van der Waals surface area contributed by atoms with Crippen molar-refractivity contribution in [3.8, 4) is 5.75 Å². The lowest BCUT2D eigenvalue weighted by atomic mass is 10.00. The van der Waals surface area contributed by atoms with Gasteiger partial charge < -0.3 is 14.7 Å². The Kier molecular flexibility index (Phi) is 4.76. The smallest absolute Gasteiger partial charge is 0.416 e. The second kappa shape index (κ2) is 6.86. The summed E-state index contributed by atoms with van der Waals surface area (Å²) in [6.45, 7) is 0.218. The van der Waals surface area contributed by atoms with E-state index in [9.17, 15) is 22.4 Å². The first kappa shape index (κ1) is 18.0. The summed E-state index contributed by atoms with van der Waals surface area (Å²) in [6, 6.07) is 7.47. The first-order chi connectivity index (χ1) is 12.2. The predicted molar refractivity (Wildman–Crippen MR) is 84.3 cm³/mol. The fraction of sp³-hybridized carbons (Fsp3) is 0.278. The van der Waals surface area contributed by atoms with Crippen molar-refractivity contribution in [3.05, 3.63) is 64.5 Å². The Balaban J connectivity index is 1.77.